The Balaban J connectivity index is 0.00000144. The van der Waals surface area contributed by atoms with E-state index < -0.39 is 0 Å². The van der Waals surface area contributed by atoms with E-state index >= 15 is 0 Å². The van der Waals surface area contributed by atoms with Crippen molar-refractivity contribution in [2.75, 3.05) is 0 Å². The molecule has 2 heteroatoms. The van der Waals surface area contributed by atoms with Gasteiger partial charge < -0.3 is 5.73 Å². The molecule has 0 aromatic carbocycles. The van der Waals surface area contributed by atoms with E-state index in [0.29, 0.717) is 17.4 Å². The van der Waals surface area contributed by atoms with Crippen LogP contribution in [0.3, 0.4) is 0 Å². The van der Waals surface area contributed by atoms with E-state index in [1.165, 1.54) is 0 Å². The SMILES string of the molecule is C=CC1CC(N)CC(C)(C)C1C.Cl. The normalized spacial score (nSPS) is 37.7. The summed E-state index contributed by atoms with van der Waals surface area (Å²) in [4.78, 5) is 0. The highest BCUT2D eigenvalue weighted by Crippen LogP contribution is 2.43. The highest BCUT2D eigenvalue weighted by Gasteiger charge is 2.37. The average Bonchev–Trinajstić information content (AvgIpc) is 1.96. The quantitative estimate of drug-likeness (QED) is 0.652. The molecule has 0 bridgehead atoms. The Morgan fingerprint density at radius 3 is 2.46 bits per heavy atom. The Morgan fingerprint density at radius 1 is 1.46 bits per heavy atom. The van der Waals surface area contributed by atoms with E-state index in [4.69, 9.17) is 5.73 Å². The van der Waals surface area contributed by atoms with Gasteiger partial charge in [0, 0.05) is 6.04 Å². The van der Waals surface area contributed by atoms with Gasteiger partial charge in [-0.1, -0.05) is 26.8 Å². The van der Waals surface area contributed by atoms with E-state index in [2.05, 4.69) is 33.4 Å². The van der Waals surface area contributed by atoms with Crippen LogP contribution in [-0.4, -0.2) is 6.04 Å². The minimum Gasteiger partial charge on any atom is -0.328 e. The molecule has 0 amide bonds. The van der Waals surface area contributed by atoms with Crippen molar-refractivity contribution >= 4 is 12.4 Å². The molecule has 1 saturated carbocycles. The molecule has 0 radical (unpaired) electrons. The second-order valence-electron chi connectivity index (χ2n) is 4.88. The van der Waals surface area contributed by atoms with Gasteiger partial charge in [-0.2, -0.15) is 0 Å². The van der Waals surface area contributed by atoms with Crippen LogP contribution in [0, 0.1) is 17.3 Å². The van der Waals surface area contributed by atoms with Gasteiger partial charge in [-0.15, -0.1) is 19.0 Å². The largest absolute Gasteiger partial charge is 0.328 e. The van der Waals surface area contributed by atoms with Crippen LogP contribution in [0.25, 0.3) is 0 Å². The van der Waals surface area contributed by atoms with Crippen LogP contribution >= 0.6 is 12.4 Å². The highest BCUT2D eigenvalue weighted by atomic mass is 35.5. The zero-order valence-electron chi connectivity index (χ0n) is 8.92. The van der Waals surface area contributed by atoms with Crippen molar-refractivity contribution in [3.05, 3.63) is 12.7 Å². The van der Waals surface area contributed by atoms with Crippen LogP contribution in [0.2, 0.25) is 0 Å². The molecule has 3 unspecified atom stereocenters. The van der Waals surface area contributed by atoms with Gasteiger partial charge in [0.25, 0.3) is 0 Å². The third kappa shape index (κ3) is 2.72. The molecule has 1 rings (SSSR count). The van der Waals surface area contributed by atoms with Gasteiger partial charge in [0.05, 0.1) is 0 Å². The lowest BCUT2D eigenvalue weighted by molar-refractivity contribution is 0.0991. The van der Waals surface area contributed by atoms with Gasteiger partial charge in [0.1, 0.15) is 0 Å². The zero-order chi connectivity index (χ0) is 9.35. The van der Waals surface area contributed by atoms with E-state index in [1.807, 2.05) is 0 Å². The molecular formula is C11H22ClN. The third-order valence-electron chi connectivity index (χ3n) is 3.54. The molecule has 0 saturated heterocycles. The van der Waals surface area contributed by atoms with Crippen LogP contribution < -0.4 is 5.73 Å². The van der Waals surface area contributed by atoms with E-state index in [0.717, 1.165) is 18.8 Å². The maximum atomic E-state index is 5.99. The molecule has 1 nitrogen and oxygen atoms in total. The molecule has 3 atom stereocenters. The van der Waals surface area contributed by atoms with Gasteiger partial charge in [0.15, 0.2) is 0 Å². The molecule has 0 aliphatic heterocycles. The topological polar surface area (TPSA) is 26.0 Å². The van der Waals surface area contributed by atoms with Crippen LogP contribution in [-0.2, 0) is 0 Å². The minimum absolute atomic E-state index is 0. The third-order valence-corrected chi connectivity index (χ3v) is 3.54. The van der Waals surface area contributed by atoms with Crippen LogP contribution in [0.4, 0.5) is 0 Å². The summed E-state index contributed by atoms with van der Waals surface area (Å²) in [5.41, 5.74) is 6.38. The summed E-state index contributed by atoms with van der Waals surface area (Å²) in [5.74, 6) is 1.33. The first-order valence-electron chi connectivity index (χ1n) is 4.85. The lowest BCUT2D eigenvalue weighted by Crippen LogP contribution is -2.42. The maximum absolute atomic E-state index is 5.99. The van der Waals surface area contributed by atoms with Crippen molar-refractivity contribution in [1.29, 1.82) is 0 Å². The predicted octanol–water partition coefficient (Wildman–Crippen LogP) is 2.99. The second-order valence-corrected chi connectivity index (χ2v) is 4.88. The number of halogens is 1. The first-order valence-corrected chi connectivity index (χ1v) is 4.85. The Bertz CT molecular complexity index is 177. The first kappa shape index (κ1) is 13.0. The van der Waals surface area contributed by atoms with Crippen molar-refractivity contribution in [3.63, 3.8) is 0 Å². The smallest absolute Gasteiger partial charge is 0.00497 e. The number of allylic oxidation sites excluding steroid dienone is 1. The fraction of sp³-hybridized carbons (Fsp3) is 0.818. The molecule has 1 aliphatic carbocycles. The number of nitrogens with two attached hydrogens (primary N) is 1. The number of hydrogen-bond acceptors (Lipinski definition) is 1. The fourth-order valence-electron chi connectivity index (χ4n) is 2.38. The predicted molar refractivity (Wildman–Crippen MR) is 61.1 cm³/mol. The van der Waals surface area contributed by atoms with Gasteiger partial charge >= 0.3 is 0 Å². The first-order chi connectivity index (χ1) is 5.47. The Morgan fingerprint density at radius 2 is 2.00 bits per heavy atom. The van der Waals surface area contributed by atoms with Crippen molar-refractivity contribution < 1.29 is 0 Å². The molecule has 13 heavy (non-hydrogen) atoms. The standard InChI is InChI=1S/C11H21N.ClH/c1-5-9-6-10(12)7-11(3,4)8(9)2;/h5,8-10H,1,6-7,12H2,2-4H3;1H. The summed E-state index contributed by atoms with van der Waals surface area (Å²) in [6, 6.07) is 0.374. The van der Waals surface area contributed by atoms with Crippen molar-refractivity contribution in [3.8, 4) is 0 Å². The van der Waals surface area contributed by atoms with Crippen LogP contribution in [0.5, 0.6) is 0 Å². The molecule has 1 fully saturated rings. The zero-order valence-corrected chi connectivity index (χ0v) is 9.73. The summed E-state index contributed by atoms with van der Waals surface area (Å²) in [6.07, 6.45) is 4.35. The van der Waals surface area contributed by atoms with Crippen LogP contribution in [0.15, 0.2) is 12.7 Å². The fourth-order valence-corrected chi connectivity index (χ4v) is 2.38. The van der Waals surface area contributed by atoms with E-state index in [9.17, 15) is 0 Å². The average molecular weight is 204 g/mol. The highest BCUT2D eigenvalue weighted by molar-refractivity contribution is 5.85. The van der Waals surface area contributed by atoms with Crippen molar-refractivity contribution in [1.82, 2.24) is 0 Å². The molecule has 0 aromatic rings. The van der Waals surface area contributed by atoms with Crippen molar-refractivity contribution in [2.45, 2.75) is 39.7 Å². The molecule has 0 spiro atoms. The molecular weight excluding hydrogens is 182 g/mol. The molecule has 78 valence electrons. The van der Waals surface area contributed by atoms with Gasteiger partial charge in [0.2, 0.25) is 0 Å². The summed E-state index contributed by atoms with van der Waals surface area (Å²) < 4.78 is 0. The molecule has 1 aliphatic rings. The Kier molecular flexibility index (Phi) is 4.47. The maximum Gasteiger partial charge on any atom is 0.00497 e. The van der Waals surface area contributed by atoms with E-state index in [1.54, 1.807) is 0 Å². The Hall–Kier alpha value is -0.0100. The van der Waals surface area contributed by atoms with E-state index in [-0.39, 0.29) is 12.4 Å². The second kappa shape index (κ2) is 4.47. The number of rotatable bonds is 1. The van der Waals surface area contributed by atoms with Crippen molar-refractivity contribution in [2.24, 2.45) is 23.0 Å². The molecule has 0 heterocycles. The summed E-state index contributed by atoms with van der Waals surface area (Å²) in [5, 5.41) is 0. The van der Waals surface area contributed by atoms with Crippen LogP contribution in [0.1, 0.15) is 33.6 Å². The lowest BCUT2D eigenvalue weighted by Gasteiger charge is -2.44. The minimum atomic E-state index is 0. The van der Waals surface area contributed by atoms with Gasteiger partial charge in [-0.3, -0.25) is 0 Å². The monoisotopic (exact) mass is 203 g/mol. The summed E-state index contributed by atoms with van der Waals surface area (Å²) >= 11 is 0. The summed E-state index contributed by atoms with van der Waals surface area (Å²) in [6.45, 7) is 10.8. The summed E-state index contributed by atoms with van der Waals surface area (Å²) in [7, 11) is 0. The molecule has 2 N–H and O–H groups in total. The van der Waals surface area contributed by atoms with Gasteiger partial charge in [-0.05, 0) is 30.1 Å². The lowest BCUT2D eigenvalue weighted by atomic mass is 9.63. The van der Waals surface area contributed by atoms with Gasteiger partial charge in [-0.25, -0.2) is 0 Å². The molecule has 0 aromatic heterocycles. The Labute approximate surface area is 88.2 Å². The number of hydrogen-bond donors (Lipinski definition) is 1.